The topological polar surface area (TPSA) is 259 Å². The fourth-order valence-electron chi connectivity index (χ4n) is 3.03. The van der Waals surface area contributed by atoms with E-state index in [2.05, 4.69) is 0 Å². The van der Waals surface area contributed by atoms with E-state index < -0.39 is 75.0 Å². The second-order valence-corrected chi connectivity index (χ2v) is 6.71. The second kappa shape index (κ2) is 8.70. The van der Waals surface area contributed by atoms with Crippen molar-refractivity contribution in [3.8, 4) is 0 Å². The van der Waals surface area contributed by atoms with Crippen molar-refractivity contribution in [2.45, 2.75) is 11.4 Å². The molecule has 0 saturated heterocycles. The molecule has 33 heavy (non-hydrogen) atoms. The van der Waals surface area contributed by atoms with E-state index >= 15 is 0 Å². The molecule has 0 aliphatic heterocycles. The van der Waals surface area contributed by atoms with E-state index in [1.165, 1.54) is 30.3 Å². The van der Waals surface area contributed by atoms with Crippen LogP contribution in [0.5, 0.6) is 0 Å². The van der Waals surface area contributed by atoms with Crippen molar-refractivity contribution in [1.82, 2.24) is 0 Å². The molecule has 0 aliphatic rings. The summed E-state index contributed by atoms with van der Waals surface area (Å²) >= 11 is 5.99. The van der Waals surface area contributed by atoms with Crippen LogP contribution >= 0.6 is 11.6 Å². The van der Waals surface area contributed by atoms with Gasteiger partial charge in [0, 0.05) is 4.92 Å². The average molecular weight is 487 g/mol. The lowest BCUT2D eigenvalue weighted by Crippen LogP contribution is -2.34. The molecule has 18 nitrogen and oxygen atoms in total. The highest BCUT2D eigenvalue weighted by atomic mass is 35.5. The van der Waals surface area contributed by atoms with E-state index in [1.54, 1.807) is 0 Å². The number of nitrogens with zero attached hydrogens (tertiary/aromatic N) is 6. The van der Waals surface area contributed by atoms with Gasteiger partial charge in [0.05, 0.1) is 31.0 Å². The Morgan fingerprint density at radius 1 is 0.606 bits per heavy atom. The first-order valence-corrected chi connectivity index (χ1v) is 8.47. The van der Waals surface area contributed by atoms with Gasteiger partial charge in [-0.3, -0.25) is 60.7 Å². The summed E-state index contributed by atoms with van der Waals surface area (Å²) < 4.78 is 0. The third-order valence-corrected chi connectivity index (χ3v) is 4.70. The van der Waals surface area contributed by atoms with Crippen LogP contribution in [0.1, 0.15) is 11.1 Å². The van der Waals surface area contributed by atoms with Gasteiger partial charge in [-0.1, -0.05) is 30.3 Å². The Morgan fingerprint density at radius 2 is 0.939 bits per heavy atom. The van der Waals surface area contributed by atoms with E-state index in [0.29, 0.717) is 0 Å². The summed E-state index contributed by atoms with van der Waals surface area (Å²) in [5.41, 5.74) is -12.6. The molecular weight excluding hydrogens is 480 g/mol. The van der Waals surface area contributed by atoms with E-state index in [-0.39, 0.29) is 5.56 Å². The molecule has 0 radical (unpaired) electrons. The number of rotatable bonds is 9. The van der Waals surface area contributed by atoms with Crippen LogP contribution in [0.3, 0.4) is 0 Å². The van der Waals surface area contributed by atoms with Crippen molar-refractivity contribution in [2.75, 3.05) is 0 Å². The van der Waals surface area contributed by atoms with Crippen molar-refractivity contribution in [1.29, 1.82) is 0 Å². The second-order valence-electron chi connectivity index (χ2n) is 6.08. The largest absolute Gasteiger partial charge is 0.437 e. The van der Waals surface area contributed by atoms with E-state index in [9.17, 15) is 60.7 Å². The van der Waals surface area contributed by atoms with Crippen molar-refractivity contribution in [3.05, 3.63) is 102 Å². The van der Waals surface area contributed by atoms with Gasteiger partial charge in [0.15, 0.2) is 0 Å². The van der Waals surface area contributed by atoms with Gasteiger partial charge >= 0.3 is 33.4 Å². The smallest absolute Gasteiger partial charge is 0.262 e. The zero-order chi connectivity index (χ0) is 25.2. The monoisotopic (exact) mass is 486 g/mol. The highest BCUT2D eigenvalue weighted by Crippen LogP contribution is 2.56. The van der Waals surface area contributed by atoms with Crippen LogP contribution in [0, 0.1) is 60.7 Å². The number of hydrogen-bond donors (Lipinski definition) is 0. The number of alkyl halides is 1. The number of halogens is 1. The Morgan fingerprint density at radius 3 is 1.24 bits per heavy atom. The quantitative estimate of drug-likeness (QED) is 0.214. The lowest BCUT2D eigenvalue weighted by Gasteiger charge is -2.18. The molecule has 0 amide bonds. The highest BCUT2D eigenvalue weighted by molar-refractivity contribution is 6.24. The molecule has 0 saturated carbocycles. The third kappa shape index (κ3) is 4.17. The van der Waals surface area contributed by atoms with Gasteiger partial charge in [-0.25, -0.2) is 0 Å². The lowest BCUT2D eigenvalue weighted by atomic mass is 9.93. The summed E-state index contributed by atoms with van der Waals surface area (Å²) in [4.78, 5) is 55.9. The van der Waals surface area contributed by atoms with Crippen molar-refractivity contribution >= 4 is 40.0 Å². The molecule has 172 valence electrons. The third-order valence-electron chi connectivity index (χ3n) is 4.24. The molecule has 2 aromatic carbocycles. The van der Waals surface area contributed by atoms with Crippen molar-refractivity contribution in [2.24, 2.45) is 0 Å². The average Bonchev–Trinajstić information content (AvgIpc) is 2.71. The predicted octanol–water partition coefficient (Wildman–Crippen LogP) is 3.14. The molecule has 2 aromatic rings. The van der Waals surface area contributed by atoms with Crippen LogP contribution < -0.4 is 0 Å². The zero-order valence-electron chi connectivity index (χ0n) is 15.6. The van der Waals surface area contributed by atoms with Crippen LogP contribution in [0.2, 0.25) is 0 Å². The number of hydrogen-bond acceptors (Lipinski definition) is 12. The summed E-state index contributed by atoms with van der Waals surface area (Å²) in [5.74, 6) is 0. The van der Waals surface area contributed by atoms with Gasteiger partial charge in [-0.2, -0.15) is 0 Å². The summed E-state index contributed by atoms with van der Waals surface area (Å²) in [7, 11) is 0. The fourth-order valence-corrected chi connectivity index (χ4v) is 3.37. The normalized spacial score (nSPS) is 12.4. The van der Waals surface area contributed by atoms with Crippen molar-refractivity contribution < 1.29 is 29.5 Å². The van der Waals surface area contributed by atoms with Crippen LogP contribution in [-0.4, -0.2) is 29.5 Å². The molecule has 1 atom stereocenters. The number of nitro groups is 6. The van der Waals surface area contributed by atoms with Gasteiger partial charge in [-0.05, 0) is 17.2 Å². The first-order valence-electron chi connectivity index (χ1n) is 8.09. The Kier molecular flexibility index (Phi) is 6.44. The molecular formula is C14H7ClN6O12. The summed E-state index contributed by atoms with van der Waals surface area (Å²) in [6.45, 7) is 0. The summed E-state index contributed by atoms with van der Waals surface area (Å²) in [6.07, 6.45) is -1.07. The standard InChI is InChI=1S/C14H7ClN6O12/c15-14(21(32)33,6-7-4-2-1-3-5-7)8-9(16(22)23)11(18(26)27)13(20(30)31)12(19(28)29)10(8)17(24)25/h1-5H,6H2/t14-/m0/s1. The maximum atomic E-state index is 11.9. The van der Waals surface area contributed by atoms with E-state index in [1.807, 2.05) is 0 Å². The Balaban J connectivity index is 3.29. The Bertz CT molecular complexity index is 1180. The highest BCUT2D eigenvalue weighted by Gasteiger charge is 2.63. The van der Waals surface area contributed by atoms with Gasteiger partial charge < -0.3 is 0 Å². The Labute approximate surface area is 183 Å². The van der Waals surface area contributed by atoms with E-state index in [4.69, 9.17) is 11.6 Å². The fraction of sp³-hybridized carbons (Fsp3) is 0.143. The van der Waals surface area contributed by atoms with Crippen LogP contribution in [0.25, 0.3) is 0 Å². The summed E-state index contributed by atoms with van der Waals surface area (Å²) in [6, 6.07) is 6.57. The minimum atomic E-state index is -3.45. The molecule has 0 aromatic heterocycles. The number of benzene rings is 2. The predicted molar refractivity (Wildman–Crippen MR) is 104 cm³/mol. The maximum Gasteiger partial charge on any atom is 0.437 e. The first kappa shape index (κ1) is 24.4. The molecule has 0 heterocycles. The molecule has 19 heteroatoms. The molecule has 0 bridgehead atoms. The van der Waals surface area contributed by atoms with Crippen LogP contribution in [0.15, 0.2) is 30.3 Å². The number of nitro benzene ring substituents is 5. The molecule has 0 aliphatic carbocycles. The van der Waals surface area contributed by atoms with Gasteiger partial charge in [0.2, 0.25) is 5.56 Å². The van der Waals surface area contributed by atoms with Crippen LogP contribution in [0.4, 0.5) is 28.4 Å². The van der Waals surface area contributed by atoms with Gasteiger partial charge in [0.1, 0.15) is 0 Å². The molecule has 0 spiro atoms. The summed E-state index contributed by atoms with van der Waals surface area (Å²) in [5, 5.41) is 69.7. The minimum absolute atomic E-state index is 0.0449. The molecule has 0 N–H and O–H groups in total. The van der Waals surface area contributed by atoms with Crippen molar-refractivity contribution in [3.63, 3.8) is 0 Å². The van der Waals surface area contributed by atoms with E-state index in [0.717, 1.165) is 0 Å². The van der Waals surface area contributed by atoms with Gasteiger partial charge in [0.25, 0.3) is 0 Å². The minimum Gasteiger partial charge on any atom is -0.262 e. The van der Waals surface area contributed by atoms with Gasteiger partial charge in [-0.15, -0.1) is 0 Å². The first-order chi connectivity index (χ1) is 15.3. The SMILES string of the molecule is O=[N+]([O-])c1c([N+](=O)[O-])c([N+](=O)[O-])c([C@](Cl)(Cc2ccccc2)[N+](=O)[O-])c([N+](=O)[O-])c1[N+](=O)[O-]. The molecule has 0 fully saturated rings. The Hall–Kier alpha value is -4.87. The molecule has 0 unspecified atom stereocenters. The zero-order valence-corrected chi connectivity index (χ0v) is 16.3. The molecule has 2 rings (SSSR count). The maximum absolute atomic E-state index is 11.9. The lowest BCUT2D eigenvalue weighted by molar-refractivity contribution is -0.553. The van der Waals surface area contributed by atoms with Crippen LogP contribution in [-0.2, 0) is 11.4 Å².